The first-order valence-electron chi connectivity index (χ1n) is 10.2. The Morgan fingerprint density at radius 1 is 0.926 bits per heavy atom. The van der Waals surface area contributed by atoms with Crippen LogP contribution >= 0.6 is 11.6 Å². The predicted molar refractivity (Wildman–Crippen MR) is 110 cm³/mol. The van der Waals surface area contributed by atoms with Crippen LogP contribution in [0.5, 0.6) is 5.75 Å². The van der Waals surface area contributed by atoms with Gasteiger partial charge in [0.1, 0.15) is 11.9 Å². The summed E-state index contributed by atoms with van der Waals surface area (Å²) in [6.07, 6.45) is 8.49. The van der Waals surface area contributed by atoms with E-state index in [1.165, 1.54) is 37.7 Å². The average Bonchev–Trinajstić information content (AvgIpc) is 2.97. The largest absolute Gasteiger partial charge is 0.497 e. The fourth-order valence-corrected chi connectivity index (χ4v) is 3.71. The summed E-state index contributed by atoms with van der Waals surface area (Å²) in [5.74, 6) is 0.897. The molecule has 0 N–H and O–H groups in total. The fourth-order valence-electron chi connectivity index (χ4n) is 3.45. The number of halogens is 1. The van der Waals surface area contributed by atoms with Crippen LogP contribution in [0.25, 0.3) is 0 Å². The summed E-state index contributed by atoms with van der Waals surface area (Å²) in [5, 5.41) is 0. The zero-order valence-electron chi connectivity index (χ0n) is 17.0. The lowest BCUT2D eigenvalue weighted by molar-refractivity contribution is -0.145. The smallest absolute Gasteiger partial charge is 0.163 e. The standard InChI is InChI=1S/C22H35ClO4/c1-22(2)26-20(21(16-23)27-22)10-8-6-4-5-7-9-15-25-17-18-11-13-19(24-3)14-12-18/h11-14,20-21H,4-10,15-17H2,1-3H3/t20-,21-/m0/s1. The van der Waals surface area contributed by atoms with Crippen LogP contribution in [0.4, 0.5) is 0 Å². The Kier molecular flexibility index (Phi) is 9.91. The number of hydrogen-bond acceptors (Lipinski definition) is 4. The van der Waals surface area contributed by atoms with E-state index in [4.69, 9.17) is 30.5 Å². The molecular formula is C22H35ClO4. The van der Waals surface area contributed by atoms with E-state index in [-0.39, 0.29) is 12.2 Å². The molecule has 1 aromatic rings. The molecule has 154 valence electrons. The van der Waals surface area contributed by atoms with Gasteiger partial charge < -0.3 is 18.9 Å². The zero-order chi connectivity index (χ0) is 19.5. The van der Waals surface area contributed by atoms with E-state index < -0.39 is 5.79 Å². The maximum atomic E-state index is 5.98. The molecule has 1 aliphatic heterocycles. The lowest BCUT2D eigenvalue weighted by atomic mass is 10.0. The number of rotatable bonds is 13. The van der Waals surface area contributed by atoms with Gasteiger partial charge in [-0.25, -0.2) is 0 Å². The van der Waals surface area contributed by atoms with Gasteiger partial charge in [-0.3, -0.25) is 0 Å². The Labute approximate surface area is 169 Å². The van der Waals surface area contributed by atoms with Gasteiger partial charge in [0.2, 0.25) is 0 Å². The van der Waals surface area contributed by atoms with Crippen LogP contribution in [-0.4, -0.2) is 37.6 Å². The molecule has 0 aromatic heterocycles. The molecule has 1 fully saturated rings. The van der Waals surface area contributed by atoms with Crippen molar-refractivity contribution in [3.05, 3.63) is 29.8 Å². The van der Waals surface area contributed by atoms with Gasteiger partial charge in [-0.05, 0) is 44.4 Å². The summed E-state index contributed by atoms with van der Waals surface area (Å²) < 4.78 is 22.7. The SMILES string of the molecule is COc1ccc(COCCCCCCCC[C@@H]2OC(C)(C)O[C@H]2CCl)cc1. The van der Waals surface area contributed by atoms with Gasteiger partial charge in [0.15, 0.2) is 5.79 Å². The third-order valence-electron chi connectivity index (χ3n) is 4.89. The molecule has 2 rings (SSSR count). The first kappa shape index (κ1) is 22.5. The molecular weight excluding hydrogens is 364 g/mol. The summed E-state index contributed by atoms with van der Waals surface area (Å²) in [6, 6.07) is 8.04. The minimum atomic E-state index is -0.490. The highest BCUT2D eigenvalue weighted by Crippen LogP contribution is 2.31. The van der Waals surface area contributed by atoms with Gasteiger partial charge >= 0.3 is 0 Å². The van der Waals surface area contributed by atoms with Gasteiger partial charge in [-0.2, -0.15) is 0 Å². The van der Waals surface area contributed by atoms with Crippen molar-refractivity contribution in [1.82, 2.24) is 0 Å². The Morgan fingerprint density at radius 3 is 2.22 bits per heavy atom. The van der Waals surface area contributed by atoms with Crippen LogP contribution in [0, 0.1) is 0 Å². The van der Waals surface area contributed by atoms with Crippen molar-refractivity contribution in [3.8, 4) is 5.75 Å². The quantitative estimate of drug-likeness (QED) is 0.315. The van der Waals surface area contributed by atoms with E-state index in [9.17, 15) is 0 Å². The Balaban J connectivity index is 1.42. The molecule has 1 saturated heterocycles. The second-order valence-corrected chi connectivity index (χ2v) is 7.99. The van der Waals surface area contributed by atoms with Crippen molar-refractivity contribution in [2.45, 2.75) is 83.4 Å². The monoisotopic (exact) mass is 398 g/mol. The van der Waals surface area contributed by atoms with Crippen molar-refractivity contribution in [2.75, 3.05) is 19.6 Å². The molecule has 0 radical (unpaired) electrons. The first-order valence-corrected chi connectivity index (χ1v) is 10.7. The third-order valence-corrected chi connectivity index (χ3v) is 5.20. The molecule has 4 nitrogen and oxygen atoms in total. The van der Waals surface area contributed by atoms with E-state index >= 15 is 0 Å². The van der Waals surface area contributed by atoms with Crippen molar-refractivity contribution >= 4 is 11.6 Å². The molecule has 0 spiro atoms. The van der Waals surface area contributed by atoms with Gasteiger partial charge in [-0.15, -0.1) is 11.6 Å². The highest BCUT2D eigenvalue weighted by molar-refractivity contribution is 6.18. The van der Waals surface area contributed by atoms with Crippen LogP contribution in [-0.2, 0) is 20.8 Å². The maximum absolute atomic E-state index is 5.98. The van der Waals surface area contributed by atoms with Crippen LogP contribution < -0.4 is 4.74 Å². The molecule has 5 heteroatoms. The molecule has 0 saturated carbocycles. The van der Waals surface area contributed by atoms with Gasteiger partial charge in [0.05, 0.1) is 25.7 Å². The fraction of sp³-hybridized carbons (Fsp3) is 0.727. The zero-order valence-corrected chi connectivity index (χ0v) is 17.8. The number of methoxy groups -OCH3 is 1. The summed E-state index contributed by atoms with van der Waals surface area (Å²) >= 11 is 5.98. The van der Waals surface area contributed by atoms with Crippen molar-refractivity contribution < 1.29 is 18.9 Å². The van der Waals surface area contributed by atoms with E-state index in [0.29, 0.717) is 12.5 Å². The summed E-state index contributed by atoms with van der Waals surface area (Å²) in [4.78, 5) is 0. The van der Waals surface area contributed by atoms with E-state index in [0.717, 1.165) is 25.2 Å². The molecule has 2 atom stereocenters. The molecule has 1 aliphatic rings. The van der Waals surface area contributed by atoms with Gasteiger partial charge in [0, 0.05) is 6.61 Å². The number of benzene rings is 1. The highest BCUT2D eigenvalue weighted by Gasteiger charge is 2.40. The average molecular weight is 399 g/mol. The minimum Gasteiger partial charge on any atom is -0.497 e. The highest BCUT2D eigenvalue weighted by atomic mass is 35.5. The lowest BCUT2D eigenvalue weighted by Gasteiger charge is -2.16. The van der Waals surface area contributed by atoms with Crippen LogP contribution in [0.3, 0.4) is 0 Å². The Morgan fingerprint density at radius 2 is 1.56 bits per heavy atom. The van der Waals surface area contributed by atoms with Crippen molar-refractivity contribution in [2.24, 2.45) is 0 Å². The number of hydrogen-bond donors (Lipinski definition) is 0. The first-order chi connectivity index (χ1) is 13.0. The second-order valence-electron chi connectivity index (χ2n) is 7.68. The molecule has 0 amide bonds. The lowest BCUT2D eigenvalue weighted by Crippen LogP contribution is -2.23. The normalized spacial score (nSPS) is 21.5. The van der Waals surface area contributed by atoms with Crippen LogP contribution in [0.1, 0.15) is 64.4 Å². The van der Waals surface area contributed by atoms with E-state index in [1.54, 1.807) is 7.11 Å². The van der Waals surface area contributed by atoms with Gasteiger partial charge in [-0.1, -0.05) is 44.2 Å². The molecule has 0 aliphatic carbocycles. The summed E-state index contributed by atoms with van der Waals surface area (Å²) in [5.41, 5.74) is 1.19. The van der Waals surface area contributed by atoms with Crippen molar-refractivity contribution in [1.29, 1.82) is 0 Å². The van der Waals surface area contributed by atoms with Crippen LogP contribution in [0.2, 0.25) is 0 Å². The maximum Gasteiger partial charge on any atom is 0.163 e. The third kappa shape index (κ3) is 8.39. The molecule has 0 bridgehead atoms. The molecule has 1 aromatic carbocycles. The molecule has 27 heavy (non-hydrogen) atoms. The number of alkyl halides is 1. The van der Waals surface area contributed by atoms with Crippen molar-refractivity contribution in [3.63, 3.8) is 0 Å². The summed E-state index contributed by atoms with van der Waals surface area (Å²) in [6.45, 7) is 5.42. The number of unbranched alkanes of at least 4 members (excludes halogenated alkanes) is 5. The Bertz CT molecular complexity index is 518. The predicted octanol–water partition coefficient (Wildman–Crippen LogP) is 5.70. The molecule has 0 unspecified atom stereocenters. The Hall–Kier alpha value is -0.810. The van der Waals surface area contributed by atoms with E-state index in [2.05, 4.69) is 0 Å². The topological polar surface area (TPSA) is 36.9 Å². The van der Waals surface area contributed by atoms with E-state index in [1.807, 2.05) is 38.1 Å². The molecule has 1 heterocycles. The second kappa shape index (κ2) is 11.9. The summed E-state index contributed by atoms with van der Waals surface area (Å²) in [7, 11) is 1.68. The van der Waals surface area contributed by atoms with Crippen LogP contribution in [0.15, 0.2) is 24.3 Å². The van der Waals surface area contributed by atoms with Gasteiger partial charge in [0.25, 0.3) is 0 Å². The number of ether oxygens (including phenoxy) is 4. The minimum absolute atomic E-state index is 0.0320.